The number of halogens is 1. The first-order valence-electron chi connectivity index (χ1n) is 14.2. The van der Waals surface area contributed by atoms with Crippen LogP contribution in [0.2, 0.25) is 0 Å². The molecular formula is C28H37FN2O12. The van der Waals surface area contributed by atoms with Crippen LogP contribution in [0.5, 0.6) is 0 Å². The molecule has 8 atom stereocenters. The van der Waals surface area contributed by atoms with Crippen LogP contribution in [0.15, 0.2) is 23.8 Å². The van der Waals surface area contributed by atoms with E-state index in [0.717, 1.165) is 0 Å². The molecule has 4 rings (SSSR count). The van der Waals surface area contributed by atoms with Gasteiger partial charge in [0, 0.05) is 16.7 Å². The molecule has 0 aromatic heterocycles. The summed E-state index contributed by atoms with van der Waals surface area (Å²) >= 11 is 0. The lowest BCUT2D eigenvalue weighted by molar-refractivity contribution is -0.757. The number of carbonyl (C=O) groups excluding carboxylic acids is 4. The van der Waals surface area contributed by atoms with Crippen molar-refractivity contribution in [2.24, 2.45) is 22.7 Å². The highest BCUT2D eigenvalue weighted by Crippen LogP contribution is 2.69. The number of amides is 1. The zero-order valence-electron chi connectivity index (χ0n) is 24.0. The van der Waals surface area contributed by atoms with Crippen molar-refractivity contribution in [3.63, 3.8) is 0 Å². The monoisotopic (exact) mass is 612 g/mol. The highest BCUT2D eigenvalue weighted by atomic mass is 19.1. The smallest absolute Gasteiger partial charge is 0.407 e. The third-order valence-corrected chi connectivity index (χ3v) is 10.00. The molecule has 14 nitrogen and oxygen atoms in total. The standard InChI is InChI=1S/C28H37FN2O12/c1-25-8-7-17(32)11-16(25)5-6-18-19-12-20(33)28(38,26(19,2)13-21(34)27(18,25)29)22(35)15-42-23(36)14-30-24(37)41-9-3-4-10-43-31(39)40/h7-8,11,18-21,33-34,38H,3-6,9-10,12-15H2,1-2H3,(H,30,37)/t18?,19?,20-,21+,25+,26+,27+,28+/m1/s1. The lowest BCUT2D eigenvalue weighted by Crippen LogP contribution is -2.69. The molecule has 3 saturated carbocycles. The van der Waals surface area contributed by atoms with Crippen molar-refractivity contribution in [3.8, 4) is 0 Å². The van der Waals surface area contributed by atoms with Gasteiger partial charge in [0.05, 0.1) is 25.4 Å². The van der Waals surface area contributed by atoms with Crippen molar-refractivity contribution >= 4 is 23.6 Å². The lowest BCUT2D eigenvalue weighted by atomic mass is 9.44. The van der Waals surface area contributed by atoms with Crippen LogP contribution in [0.1, 0.15) is 52.4 Å². The summed E-state index contributed by atoms with van der Waals surface area (Å²) in [5.74, 6) is -3.89. The number of fused-ring (bicyclic) bond motifs is 5. The van der Waals surface area contributed by atoms with Gasteiger partial charge in [0.1, 0.15) is 6.54 Å². The summed E-state index contributed by atoms with van der Waals surface area (Å²) < 4.78 is 26.9. The second kappa shape index (κ2) is 11.9. The van der Waals surface area contributed by atoms with Crippen LogP contribution in [0.4, 0.5) is 9.18 Å². The van der Waals surface area contributed by atoms with Crippen molar-refractivity contribution in [1.82, 2.24) is 5.32 Å². The molecule has 4 aliphatic rings. The van der Waals surface area contributed by atoms with Crippen molar-refractivity contribution in [1.29, 1.82) is 0 Å². The molecular weight excluding hydrogens is 575 g/mol. The van der Waals surface area contributed by atoms with E-state index in [1.807, 2.05) is 0 Å². The molecule has 15 heteroatoms. The van der Waals surface area contributed by atoms with Gasteiger partial charge in [0.15, 0.2) is 23.7 Å². The number of alkyl halides is 1. The Labute approximate surface area is 246 Å². The molecule has 0 bridgehead atoms. The molecule has 0 aromatic carbocycles. The Kier molecular flexibility index (Phi) is 9.01. The maximum atomic E-state index is 17.2. The lowest BCUT2D eigenvalue weighted by Gasteiger charge is -2.62. The molecule has 43 heavy (non-hydrogen) atoms. The Balaban J connectivity index is 1.36. The number of unbranched alkanes of at least 4 members (excludes halogenated alkanes) is 1. The van der Waals surface area contributed by atoms with Gasteiger partial charge in [-0.15, -0.1) is 10.1 Å². The molecule has 4 aliphatic carbocycles. The van der Waals surface area contributed by atoms with Gasteiger partial charge >= 0.3 is 12.1 Å². The van der Waals surface area contributed by atoms with Gasteiger partial charge < -0.3 is 34.9 Å². The molecule has 0 heterocycles. The fraction of sp³-hybridized carbons (Fsp3) is 0.714. The van der Waals surface area contributed by atoms with Crippen molar-refractivity contribution < 1.29 is 58.3 Å². The van der Waals surface area contributed by atoms with Crippen molar-refractivity contribution in [3.05, 3.63) is 33.9 Å². The van der Waals surface area contributed by atoms with Gasteiger partial charge in [0.25, 0.3) is 5.09 Å². The fourth-order valence-electron chi connectivity index (χ4n) is 7.74. The number of ketones is 2. The van der Waals surface area contributed by atoms with Crippen molar-refractivity contribution in [2.45, 2.75) is 75.9 Å². The quantitative estimate of drug-likeness (QED) is 0.111. The Morgan fingerprint density at radius 3 is 2.53 bits per heavy atom. The first kappa shape index (κ1) is 32.5. The van der Waals surface area contributed by atoms with Crippen LogP contribution in [0, 0.1) is 32.8 Å². The van der Waals surface area contributed by atoms with Crippen LogP contribution in [-0.4, -0.2) is 93.9 Å². The van der Waals surface area contributed by atoms with Crippen molar-refractivity contribution in [2.75, 3.05) is 26.4 Å². The minimum atomic E-state index is -2.46. The second-order valence-electron chi connectivity index (χ2n) is 12.1. The van der Waals surface area contributed by atoms with Gasteiger partial charge in [-0.05, 0) is 63.5 Å². The highest BCUT2D eigenvalue weighted by Gasteiger charge is 2.76. The Hall–Kier alpha value is -3.43. The van der Waals surface area contributed by atoms with Crippen LogP contribution < -0.4 is 5.32 Å². The molecule has 0 spiro atoms. The zero-order chi connectivity index (χ0) is 31.8. The highest BCUT2D eigenvalue weighted by molar-refractivity contribution is 6.01. The number of aliphatic hydroxyl groups is 3. The normalized spacial score (nSPS) is 37.7. The topological polar surface area (TPSA) is 212 Å². The third-order valence-electron chi connectivity index (χ3n) is 10.00. The number of hydrogen-bond acceptors (Lipinski definition) is 12. The molecule has 0 radical (unpaired) electrons. The molecule has 1 amide bonds. The molecule has 0 aliphatic heterocycles. The Bertz CT molecular complexity index is 1240. The Morgan fingerprint density at radius 2 is 1.84 bits per heavy atom. The second-order valence-corrected chi connectivity index (χ2v) is 12.1. The van der Waals surface area contributed by atoms with Gasteiger partial charge in [-0.3, -0.25) is 14.4 Å². The predicted molar refractivity (Wildman–Crippen MR) is 142 cm³/mol. The minimum Gasteiger partial charge on any atom is -0.456 e. The molecule has 4 N–H and O–H groups in total. The van der Waals surface area contributed by atoms with Gasteiger partial charge in [0.2, 0.25) is 5.78 Å². The number of hydrogen-bond donors (Lipinski definition) is 4. The predicted octanol–water partition coefficient (Wildman–Crippen LogP) is 0.886. The number of aliphatic hydroxyl groups excluding tert-OH is 2. The molecule has 3 fully saturated rings. The minimum absolute atomic E-state index is 0.0940. The molecule has 238 valence electrons. The average molecular weight is 613 g/mol. The maximum Gasteiger partial charge on any atom is 0.407 e. The van der Waals surface area contributed by atoms with Crippen LogP contribution in [0.25, 0.3) is 0 Å². The number of rotatable bonds is 11. The van der Waals surface area contributed by atoms with E-state index < -0.39 is 82.2 Å². The SMILES string of the molecule is C[C@]12C=CC(=O)C=C1CCC1C3C[C@@H](O)[C@](O)(C(=O)COC(=O)CNC(=O)OCCCCO[N+](=O)[O-])[C@@]3(C)C[C@H](O)[C@@]12F. The number of ether oxygens (including phenoxy) is 2. The number of esters is 1. The zero-order valence-corrected chi connectivity index (χ0v) is 24.0. The van der Waals surface area contributed by atoms with E-state index in [1.54, 1.807) is 6.92 Å². The number of Topliss-reactive ketones (excluding diaryl/α,β-unsaturated/α-hetero) is 1. The van der Waals surface area contributed by atoms with E-state index in [4.69, 9.17) is 9.47 Å². The molecule has 2 unspecified atom stereocenters. The third kappa shape index (κ3) is 5.42. The summed E-state index contributed by atoms with van der Waals surface area (Å²) in [6, 6.07) is 0. The fourth-order valence-corrected chi connectivity index (χ4v) is 7.74. The summed E-state index contributed by atoms with van der Waals surface area (Å²) in [4.78, 5) is 63.4. The summed E-state index contributed by atoms with van der Waals surface area (Å²) in [5.41, 5.74) is -6.86. The average Bonchev–Trinajstić information content (AvgIpc) is 3.14. The van der Waals surface area contributed by atoms with E-state index >= 15 is 4.39 Å². The molecule has 0 aromatic rings. The summed E-state index contributed by atoms with van der Waals surface area (Å²) in [5, 5.41) is 45.3. The van der Waals surface area contributed by atoms with Gasteiger partial charge in [-0.1, -0.05) is 18.6 Å². The van der Waals surface area contributed by atoms with Crippen LogP contribution in [0.3, 0.4) is 0 Å². The van der Waals surface area contributed by atoms with Crippen LogP contribution in [-0.2, 0) is 28.7 Å². The largest absolute Gasteiger partial charge is 0.456 e. The first-order chi connectivity index (χ1) is 20.1. The summed E-state index contributed by atoms with van der Waals surface area (Å²) in [6.07, 6.45) is 0.538. The van der Waals surface area contributed by atoms with Gasteiger partial charge in [-0.2, -0.15) is 0 Å². The number of carbonyl (C=O) groups is 4. The van der Waals surface area contributed by atoms with E-state index in [1.165, 1.54) is 25.2 Å². The maximum absolute atomic E-state index is 17.2. The van der Waals surface area contributed by atoms with E-state index in [9.17, 15) is 44.6 Å². The van der Waals surface area contributed by atoms with E-state index in [-0.39, 0.29) is 51.1 Å². The number of nitrogens with zero attached hydrogens (tertiary/aromatic N) is 1. The Morgan fingerprint density at radius 1 is 1.14 bits per heavy atom. The molecule has 0 saturated heterocycles. The van der Waals surface area contributed by atoms with E-state index in [2.05, 4.69) is 10.2 Å². The van der Waals surface area contributed by atoms with Crippen LogP contribution >= 0.6 is 0 Å². The summed E-state index contributed by atoms with van der Waals surface area (Å²) in [7, 11) is 0. The van der Waals surface area contributed by atoms with Gasteiger partial charge in [-0.25, -0.2) is 9.18 Å². The summed E-state index contributed by atoms with van der Waals surface area (Å²) in [6.45, 7) is 1.27. The van der Waals surface area contributed by atoms with E-state index in [0.29, 0.717) is 12.0 Å². The first-order valence-corrected chi connectivity index (χ1v) is 14.2. The number of allylic oxidation sites excluding steroid dienone is 4. The number of alkyl carbamates (subject to hydrolysis) is 1. The number of nitrogens with one attached hydrogen (secondary N) is 1.